The molecule has 2 heterocycles. The third-order valence-electron chi connectivity index (χ3n) is 3.45. The number of thiazole rings is 1. The van der Waals surface area contributed by atoms with Crippen LogP contribution in [0.15, 0.2) is 36.0 Å². The lowest BCUT2D eigenvalue weighted by Gasteiger charge is -2.06. The van der Waals surface area contributed by atoms with Crippen molar-refractivity contribution in [2.24, 2.45) is 0 Å². The summed E-state index contributed by atoms with van der Waals surface area (Å²) >= 11 is 1.67. The zero-order valence-electron chi connectivity index (χ0n) is 13.5. The maximum atomic E-state index is 12.3. The number of nitrogens with zero attached hydrogens (tertiary/aromatic N) is 5. The average Bonchev–Trinajstić information content (AvgIpc) is 3.27. The molecule has 0 radical (unpaired) electrons. The van der Waals surface area contributed by atoms with Crippen LogP contribution in [-0.2, 0) is 6.42 Å². The van der Waals surface area contributed by atoms with Crippen molar-refractivity contribution in [2.75, 3.05) is 6.54 Å². The topological polar surface area (TPSA) is 85.6 Å². The number of aromatic nitrogens is 5. The van der Waals surface area contributed by atoms with E-state index in [1.54, 1.807) is 29.5 Å². The molecule has 0 atom stereocenters. The largest absolute Gasteiger partial charge is 0.352 e. The van der Waals surface area contributed by atoms with Gasteiger partial charge in [0.25, 0.3) is 5.91 Å². The Morgan fingerprint density at radius 3 is 2.96 bits per heavy atom. The lowest BCUT2D eigenvalue weighted by Crippen LogP contribution is -2.25. The SMILES string of the molecule is CC(C)c1nc(CCNC(=O)c2cccc(-n3cnnn3)c2)cs1. The van der Waals surface area contributed by atoms with Crippen molar-refractivity contribution in [1.29, 1.82) is 0 Å². The molecule has 1 aromatic carbocycles. The number of benzene rings is 1. The summed E-state index contributed by atoms with van der Waals surface area (Å²) in [5.41, 5.74) is 2.34. The van der Waals surface area contributed by atoms with Gasteiger partial charge in [-0.05, 0) is 28.6 Å². The van der Waals surface area contributed by atoms with Crippen LogP contribution in [0, 0.1) is 0 Å². The quantitative estimate of drug-likeness (QED) is 0.742. The van der Waals surface area contributed by atoms with Crippen LogP contribution in [0.5, 0.6) is 0 Å². The number of amides is 1. The Bertz CT molecular complexity index is 812. The smallest absolute Gasteiger partial charge is 0.251 e. The summed E-state index contributed by atoms with van der Waals surface area (Å²) in [4.78, 5) is 16.8. The van der Waals surface area contributed by atoms with Gasteiger partial charge in [-0.15, -0.1) is 16.4 Å². The average molecular weight is 342 g/mol. The second-order valence-corrected chi connectivity index (χ2v) is 6.53. The summed E-state index contributed by atoms with van der Waals surface area (Å²) in [5.74, 6) is 0.316. The predicted molar refractivity (Wildman–Crippen MR) is 91.4 cm³/mol. The normalized spacial score (nSPS) is 11.0. The van der Waals surface area contributed by atoms with E-state index in [1.165, 1.54) is 11.0 Å². The van der Waals surface area contributed by atoms with E-state index in [-0.39, 0.29) is 5.91 Å². The van der Waals surface area contributed by atoms with Gasteiger partial charge >= 0.3 is 0 Å². The summed E-state index contributed by atoms with van der Waals surface area (Å²) in [6.45, 7) is 4.80. The fourth-order valence-electron chi connectivity index (χ4n) is 2.18. The second-order valence-electron chi connectivity index (χ2n) is 5.64. The van der Waals surface area contributed by atoms with Gasteiger partial charge in [0.15, 0.2) is 0 Å². The minimum Gasteiger partial charge on any atom is -0.352 e. The Morgan fingerprint density at radius 2 is 2.25 bits per heavy atom. The van der Waals surface area contributed by atoms with Crippen LogP contribution < -0.4 is 5.32 Å². The van der Waals surface area contributed by atoms with Gasteiger partial charge in [0.2, 0.25) is 0 Å². The number of carbonyl (C=O) groups excluding carboxylic acids is 1. The van der Waals surface area contributed by atoms with E-state index >= 15 is 0 Å². The van der Waals surface area contributed by atoms with Crippen LogP contribution in [0.4, 0.5) is 0 Å². The molecule has 0 aliphatic carbocycles. The molecule has 1 amide bonds. The molecule has 24 heavy (non-hydrogen) atoms. The van der Waals surface area contributed by atoms with Crippen LogP contribution in [0.3, 0.4) is 0 Å². The lowest BCUT2D eigenvalue weighted by atomic mass is 10.2. The first-order valence-corrected chi connectivity index (χ1v) is 8.57. The van der Waals surface area contributed by atoms with E-state index in [2.05, 4.69) is 45.1 Å². The van der Waals surface area contributed by atoms with Crippen molar-refractivity contribution < 1.29 is 4.79 Å². The van der Waals surface area contributed by atoms with Gasteiger partial charge in [0, 0.05) is 29.8 Å². The Labute approximate surface area is 143 Å². The molecule has 0 fully saturated rings. The lowest BCUT2D eigenvalue weighted by molar-refractivity contribution is 0.0954. The van der Waals surface area contributed by atoms with Crippen LogP contribution in [0.1, 0.15) is 40.8 Å². The fourth-order valence-corrected chi connectivity index (χ4v) is 3.05. The minimum absolute atomic E-state index is 0.121. The van der Waals surface area contributed by atoms with Crippen molar-refractivity contribution in [3.05, 3.63) is 52.2 Å². The van der Waals surface area contributed by atoms with Gasteiger partial charge in [-0.25, -0.2) is 9.67 Å². The van der Waals surface area contributed by atoms with Crippen molar-refractivity contribution in [3.8, 4) is 5.69 Å². The molecule has 0 saturated heterocycles. The molecule has 3 aromatic rings. The Kier molecular flexibility index (Phi) is 4.95. The molecule has 1 N–H and O–H groups in total. The molecule has 0 aliphatic heterocycles. The zero-order valence-corrected chi connectivity index (χ0v) is 14.3. The van der Waals surface area contributed by atoms with Gasteiger partial charge in [0.05, 0.1) is 16.4 Å². The molecule has 2 aromatic heterocycles. The van der Waals surface area contributed by atoms with Crippen molar-refractivity contribution in [2.45, 2.75) is 26.2 Å². The van der Waals surface area contributed by atoms with E-state index in [0.29, 0.717) is 18.0 Å². The minimum atomic E-state index is -0.121. The van der Waals surface area contributed by atoms with E-state index in [1.807, 2.05) is 6.07 Å². The first kappa shape index (κ1) is 16.3. The summed E-state index contributed by atoms with van der Waals surface area (Å²) < 4.78 is 1.51. The van der Waals surface area contributed by atoms with Crippen LogP contribution >= 0.6 is 11.3 Å². The molecule has 8 heteroatoms. The number of nitrogens with one attached hydrogen (secondary N) is 1. The summed E-state index contributed by atoms with van der Waals surface area (Å²) in [6, 6.07) is 7.17. The van der Waals surface area contributed by atoms with E-state index in [0.717, 1.165) is 22.8 Å². The zero-order chi connectivity index (χ0) is 16.9. The highest BCUT2D eigenvalue weighted by atomic mass is 32.1. The molecule has 0 unspecified atom stereocenters. The third kappa shape index (κ3) is 3.83. The molecule has 0 aliphatic rings. The molecule has 0 saturated carbocycles. The summed E-state index contributed by atoms with van der Waals surface area (Å²) in [5, 5.41) is 17.1. The third-order valence-corrected chi connectivity index (χ3v) is 4.65. The Morgan fingerprint density at radius 1 is 1.38 bits per heavy atom. The van der Waals surface area contributed by atoms with E-state index in [4.69, 9.17) is 0 Å². The van der Waals surface area contributed by atoms with E-state index in [9.17, 15) is 4.79 Å². The highest BCUT2D eigenvalue weighted by Gasteiger charge is 2.09. The molecule has 124 valence electrons. The number of hydrogen-bond acceptors (Lipinski definition) is 6. The number of carbonyl (C=O) groups is 1. The van der Waals surface area contributed by atoms with Gasteiger partial charge < -0.3 is 5.32 Å². The van der Waals surface area contributed by atoms with Crippen molar-refractivity contribution in [3.63, 3.8) is 0 Å². The predicted octanol–water partition coefficient (Wildman–Crippen LogP) is 2.21. The van der Waals surface area contributed by atoms with Gasteiger partial charge in [-0.1, -0.05) is 19.9 Å². The molecule has 0 bridgehead atoms. The maximum absolute atomic E-state index is 12.3. The second kappa shape index (κ2) is 7.31. The molecule has 0 spiro atoms. The number of tetrazole rings is 1. The fraction of sp³-hybridized carbons (Fsp3) is 0.312. The first-order valence-electron chi connectivity index (χ1n) is 7.69. The standard InChI is InChI=1S/C16H18N6OS/c1-11(2)16-19-13(9-24-16)6-7-17-15(23)12-4-3-5-14(8-12)22-10-18-20-21-22/h3-5,8-11H,6-7H2,1-2H3,(H,17,23). The Balaban J connectivity index is 1.58. The number of rotatable bonds is 6. The monoisotopic (exact) mass is 342 g/mol. The van der Waals surface area contributed by atoms with Crippen molar-refractivity contribution >= 4 is 17.2 Å². The highest BCUT2D eigenvalue weighted by Crippen LogP contribution is 2.19. The van der Waals surface area contributed by atoms with Gasteiger partial charge in [0.1, 0.15) is 6.33 Å². The first-order chi connectivity index (χ1) is 11.6. The summed E-state index contributed by atoms with van der Waals surface area (Å²) in [6.07, 6.45) is 2.22. The van der Waals surface area contributed by atoms with Crippen LogP contribution in [-0.4, -0.2) is 37.6 Å². The summed E-state index contributed by atoms with van der Waals surface area (Å²) in [7, 11) is 0. The van der Waals surface area contributed by atoms with Crippen molar-refractivity contribution in [1.82, 2.24) is 30.5 Å². The molecular formula is C16H18N6OS. The number of hydrogen-bond donors (Lipinski definition) is 1. The van der Waals surface area contributed by atoms with Gasteiger partial charge in [-0.3, -0.25) is 4.79 Å². The molecule has 7 nitrogen and oxygen atoms in total. The Hall–Kier alpha value is -2.61. The van der Waals surface area contributed by atoms with Crippen LogP contribution in [0.25, 0.3) is 5.69 Å². The highest BCUT2D eigenvalue weighted by molar-refractivity contribution is 7.09. The molecular weight excluding hydrogens is 324 g/mol. The van der Waals surface area contributed by atoms with Crippen LogP contribution in [0.2, 0.25) is 0 Å². The maximum Gasteiger partial charge on any atom is 0.251 e. The van der Waals surface area contributed by atoms with E-state index < -0.39 is 0 Å². The van der Waals surface area contributed by atoms with Gasteiger partial charge in [-0.2, -0.15) is 0 Å². The molecule has 3 rings (SSSR count).